The zero-order valence-electron chi connectivity index (χ0n) is 13.2. The number of aliphatic imine (C=N–C) groups is 1. The molecule has 1 aliphatic heterocycles. The van der Waals surface area contributed by atoms with Crippen LogP contribution in [0.2, 0.25) is 5.02 Å². The number of hydrogen-bond acceptors (Lipinski definition) is 3. The molecule has 24 heavy (non-hydrogen) atoms. The monoisotopic (exact) mass is 343 g/mol. The highest BCUT2D eigenvalue weighted by atomic mass is 35.5. The van der Waals surface area contributed by atoms with E-state index in [1.54, 1.807) is 43.4 Å². The van der Waals surface area contributed by atoms with Gasteiger partial charge in [0.05, 0.1) is 11.4 Å². The van der Waals surface area contributed by atoms with Crippen molar-refractivity contribution in [1.29, 1.82) is 0 Å². The Balaban J connectivity index is 2.29. The van der Waals surface area contributed by atoms with E-state index in [4.69, 9.17) is 11.6 Å². The zero-order chi connectivity index (χ0) is 17.3. The summed E-state index contributed by atoms with van der Waals surface area (Å²) in [7, 11) is 3.59. The molecule has 1 heterocycles. The van der Waals surface area contributed by atoms with Gasteiger partial charge < -0.3 is 10.2 Å². The van der Waals surface area contributed by atoms with E-state index in [2.05, 4.69) is 10.3 Å². The number of nitrogens with zero attached hydrogens (tertiary/aromatic N) is 2. The number of rotatable bonds is 2. The van der Waals surface area contributed by atoms with E-state index < -0.39 is 5.82 Å². The summed E-state index contributed by atoms with van der Waals surface area (Å²) < 4.78 is 13.8. The Morgan fingerprint density at radius 2 is 1.92 bits per heavy atom. The van der Waals surface area contributed by atoms with Crippen LogP contribution in [0.1, 0.15) is 11.1 Å². The van der Waals surface area contributed by atoms with Crippen molar-refractivity contribution in [1.82, 2.24) is 4.90 Å². The van der Waals surface area contributed by atoms with Gasteiger partial charge in [-0.3, -0.25) is 4.79 Å². The van der Waals surface area contributed by atoms with Gasteiger partial charge in [0.2, 0.25) is 0 Å². The third kappa shape index (κ3) is 3.16. The molecule has 3 rings (SSSR count). The van der Waals surface area contributed by atoms with E-state index in [0.717, 1.165) is 0 Å². The van der Waals surface area contributed by atoms with E-state index in [0.29, 0.717) is 27.5 Å². The van der Waals surface area contributed by atoms with Gasteiger partial charge in [0, 0.05) is 36.4 Å². The highest BCUT2D eigenvalue weighted by Gasteiger charge is 2.23. The third-order valence-corrected chi connectivity index (χ3v) is 3.79. The van der Waals surface area contributed by atoms with Gasteiger partial charge in [-0.25, -0.2) is 9.38 Å². The molecule has 0 spiro atoms. The van der Waals surface area contributed by atoms with Crippen LogP contribution in [0.4, 0.5) is 10.1 Å². The van der Waals surface area contributed by atoms with Gasteiger partial charge in [0.25, 0.3) is 5.91 Å². The van der Waals surface area contributed by atoms with Gasteiger partial charge in [0.15, 0.2) is 0 Å². The molecule has 0 atom stereocenters. The summed E-state index contributed by atoms with van der Waals surface area (Å²) in [5.41, 5.74) is 2.26. The predicted molar refractivity (Wildman–Crippen MR) is 93.9 cm³/mol. The van der Waals surface area contributed by atoms with Crippen molar-refractivity contribution in [3.8, 4) is 0 Å². The number of carbonyl (C=O) groups is 1. The lowest BCUT2D eigenvalue weighted by Gasteiger charge is -2.11. The number of carbonyl (C=O) groups excluding carboxylic acids is 1. The van der Waals surface area contributed by atoms with Crippen molar-refractivity contribution >= 4 is 28.9 Å². The second-order valence-corrected chi connectivity index (χ2v) is 5.97. The van der Waals surface area contributed by atoms with Crippen LogP contribution in [-0.4, -0.2) is 30.6 Å². The molecule has 2 aromatic carbocycles. The number of fused-ring (bicyclic) bond motifs is 1. The SMILES string of the molecule is CN(C)C=C1N=C(c2ccccc2Cl)c2cc(F)ccc2NC1=O. The Bertz CT molecular complexity index is 874. The van der Waals surface area contributed by atoms with Gasteiger partial charge in [-0.1, -0.05) is 29.8 Å². The third-order valence-electron chi connectivity index (χ3n) is 3.46. The highest BCUT2D eigenvalue weighted by molar-refractivity contribution is 6.36. The lowest BCUT2D eigenvalue weighted by Crippen LogP contribution is -2.15. The first kappa shape index (κ1) is 16.2. The van der Waals surface area contributed by atoms with Crippen molar-refractivity contribution in [2.24, 2.45) is 4.99 Å². The molecule has 1 N–H and O–H groups in total. The van der Waals surface area contributed by atoms with Crippen LogP contribution in [0.15, 0.2) is 59.4 Å². The molecule has 4 nitrogen and oxygen atoms in total. The van der Waals surface area contributed by atoms with Crippen molar-refractivity contribution in [2.45, 2.75) is 0 Å². The van der Waals surface area contributed by atoms with Crippen LogP contribution in [0.5, 0.6) is 0 Å². The first-order valence-electron chi connectivity index (χ1n) is 7.29. The fourth-order valence-corrected chi connectivity index (χ4v) is 2.66. The molecule has 0 aliphatic carbocycles. The molecule has 1 aliphatic rings. The van der Waals surface area contributed by atoms with Gasteiger partial charge in [-0.2, -0.15) is 0 Å². The van der Waals surface area contributed by atoms with Crippen molar-refractivity contribution in [2.75, 3.05) is 19.4 Å². The minimum absolute atomic E-state index is 0.214. The molecule has 0 fully saturated rings. The van der Waals surface area contributed by atoms with E-state index in [1.807, 2.05) is 6.07 Å². The molecular formula is C18H15ClFN3O. The van der Waals surface area contributed by atoms with Crippen LogP contribution in [0.3, 0.4) is 0 Å². The number of halogens is 2. The predicted octanol–water partition coefficient (Wildman–Crippen LogP) is 3.67. The summed E-state index contributed by atoms with van der Waals surface area (Å²) in [4.78, 5) is 18.6. The van der Waals surface area contributed by atoms with Crippen LogP contribution in [0, 0.1) is 5.82 Å². The average molecular weight is 344 g/mol. The Labute approximate surface area is 144 Å². The number of anilines is 1. The molecule has 122 valence electrons. The fraction of sp³-hybridized carbons (Fsp3) is 0.111. The number of benzodiazepines with no additional fused rings is 1. The smallest absolute Gasteiger partial charge is 0.275 e. The van der Waals surface area contributed by atoms with E-state index >= 15 is 0 Å². The summed E-state index contributed by atoms with van der Waals surface area (Å²) in [6, 6.07) is 11.3. The standard InChI is InChI=1S/C18H15ClFN3O/c1-23(2)10-16-18(24)22-15-8-7-11(20)9-13(15)17(21-16)12-5-3-4-6-14(12)19/h3-10H,1-2H3,(H,22,24). The fourth-order valence-electron chi connectivity index (χ4n) is 2.43. The van der Waals surface area contributed by atoms with Crippen LogP contribution in [0.25, 0.3) is 0 Å². The summed E-state index contributed by atoms with van der Waals surface area (Å²) in [6.45, 7) is 0. The Kier molecular flexibility index (Phi) is 4.36. The van der Waals surface area contributed by atoms with E-state index in [9.17, 15) is 9.18 Å². The lowest BCUT2D eigenvalue weighted by molar-refractivity contribution is -0.112. The van der Waals surface area contributed by atoms with Crippen molar-refractivity contribution < 1.29 is 9.18 Å². The minimum atomic E-state index is -0.414. The molecule has 1 amide bonds. The first-order valence-corrected chi connectivity index (χ1v) is 7.66. The molecule has 0 unspecified atom stereocenters. The Morgan fingerprint density at radius 3 is 2.62 bits per heavy atom. The molecule has 0 saturated heterocycles. The van der Waals surface area contributed by atoms with E-state index in [-0.39, 0.29) is 11.6 Å². The Morgan fingerprint density at radius 1 is 1.17 bits per heavy atom. The Hall–Kier alpha value is -2.66. The maximum atomic E-state index is 13.8. The molecule has 0 bridgehead atoms. The minimum Gasteiger partial charge on any atom is -0.382 e. The summed E-state index contributed by atoms with van der Waals surface area (Å²) >= 11 is 6.30. The highest BCUT2D eigenvalue weighted by Crippen LogP contribution is 2.29. The van der Waals surface area contributed by atoms with Gasteiger partial charge in [-0.15, -0.1) is 0 Å². The largest absolute Gasteiger partial charge is 0.382 e. The number of amides is 1. The quantitative estimate of drug-likeness (QED) is 0.845. The summed E-state index contributed by atoms with van der Waals surface area (Å²) in [6.07, 6.45) is 1.61. The van der Waals surface area contributed by atoms with Crippen LogP contribution < -0.4 is 5.32 Å². The van der Waals surface area contributed by atoms with Gasteiger partial charge >= 0.3 is 0 Å². The topological polar surface area (TPSA) is 44.7 Å². The maximum Gasteiger partial charge on any atom is 0.275 e. The molecule has 0 saturated carbocycles. The van der Waals surface area contributed by atoms with Gasteiger partial charge in [-0.05, 0) is 24.3 Å². The lowest BCUT2D eigenvalue weighted by atomic mass is 10.0. The summed E-state index contributed by atoms with van der Waals surface area (Å²) in [5, 5.41) is 3.24. The molecular weight excluding hydrogens is 329 g/mol. The first-order chi connectivity index (χ1) is 11.5. The zero-order valence-corrected chi connectivity index (χ0v) is 13.9. The van der Waals surface area contributed by atoms with Crippen molar-refractivity contribution in [3.05, 3.63) is 76.3 Å². The molecule has 6 heteroatoms. The number of hydrogen-bond donors (Lipinski definition) is 1. The molecule has 0 aromatic heterocycles. The van der Waals surface area contributed by atoms with Crippen LogP contribution >= 0.6 is 11.6 Å². The molecule has 0 radical (unpaired) electrons. The van der Waals surface area contributed by atoms with Crippen molar-refractivity contribution in [3.63, 3.8) is 0 Å². The normalized spacial score (nSPS) is 15.4. The number of nitrogens with one attached hydrogen (secondary N) is 1. The maximum absolute atomic E-state index is 13.8. The van der Waals surface area contributed by atoms with Crippen LogP contribution in [-0.2, 0) is 4.79 Å². The number of benzene rings is 2. The van der Waals surface area contributed by atoms with Gasteiger partial charge in [0.1, 0.15) is 11.5 Å². The summed E-state index contributed by atoms with van der Waals surface area (Å²) in [5.74, 6) is -0.776. The second kappa shape index (κ2) is 6.45. The van der Waals surface area contributed by atoms with E-state index in [1.165, 1.54) is 18.2 Å². The average Bonchev–Trinajstić information content (AvgIpc) is 2.65. The molecule has 2 aromatic rings. The second-order valence-electron chi connectivity index (χ2n) is 5.56.